The molecule has 30 heavy (non-hydrogen) atoms. The van der Waals surface area contributed by atoms with Gasteiger partial charge in [0.05, 0.1) is 0 Å². The molecule has 0 saturated carbocycles. The van der Waals surface area contributed by atoms with Gasteiger partial charge >= 0.3 is 0 Å². The summed E-state index contributed by atoms with van der Waals surface area (Å²) in [6.07, 6.45) is 2.34. The van der Waals surface area contributed by atoms with Crippen molar-refractivity contribution in [1.29, 1.82) is 0 Å². The van der Waals surface area contributed by atoms with E-state index in [0.29, 0.717) is 24.6 Å². The van der Waals surface area contributed by atoms with Crippen molar-refractivity contribution in [3.63, 3.8) is 0 Å². The molecule has 0 atom stereocenters. The molecule has 1 N–H and O–H groups in total. The highest BCUT2D eigenvalue weighted by Gasteiger charge is 2.23. The summed E-state index contributed by atoms with van der Waals surface area (Å²) in [4.78, 5) is 31.7. The van der Waals surface area contributed by atoms with Crippen LogP contribution in [-0.4, -0.2) is 28.2 Å². The van der Waals surface area contributed by atoms with Crippen LogP contribution in [0.4, 0.5) is 5.69 Å². The van der Waals surface area contributed by atoms with Gasteiger partial charge in [-0.05, 0) is 53.3 Å². The number of hydrogen-bond donors (Lipinski definition) is 1. The molecule has 0 spiro atoms. The molecule has 1 aliphatic rings. The van der Waals surface area contributed by atoms with E-state index in [4.69, 9.17) is 0 Å². The van der Waals surface area contributed by atoms with E-state index < -0.39 is 0 Å². The minimum atomic E-state index is -0.257. The number of fused-ring (bicyclic) bond motifs is 1. The van der Waals surface area contributed by atoms with Gasteiger partial charge in [-0.1, -0.05) is 50.2 Å². The summed E-state index contributed by atoms with van der Waals surface area (Å²) in [6, 6.07) is 19.2. The van der Waals surface area contributed by atoms with Crippen molar-refractivity contribution in [1.82, 2.24) is 9.88 Å². The zero-order chi connectivity index (χ0) is 21.1. The average Bonchev–Trinajstić information content (AvgIpc) is 2.78. The molecule has 1 aromatic heterocycles. The quantitative estimate of drug-likeness (QED) is 0.694. The Bertz CT molecular complexity index is 1070. The Kier molecular flexibility index (Phi) is 5.61. The molecule has 5 nitrogen and oxygen atoms in total. The topological polar surface area (TPSA) is 62.3 Å². The molecule has 0 saturated heterocycles. The zero-order valence-corrected chi connectivity index (χ0v) is 17.3. The van der Waals surface area contributed by atoms with Gasteiger partial charge in [0.2, 0.25) is 0 Å². The third-order valence-corrected chi connectivity index (χ3v) is 5.49. The normalized spacial score (nSPS) is 13.1. The highest BCUT2D eigenvalue weighted by atomic mass is 16.2. The summed E-state index contributed by atoms with van der Waals surface area (Å²) < 4.78 is 0. The number of anilines is 1. The van der Waals surface area contributed by atoms with Gasteiger partial charge in [0.1, 0.15) is 5.69 Å². The molecule has 2 amide bonds. The van der Waals surface area contributed by atoms with Crippen LogP contribution in [0.2, 0.25) is 0 Å². The van der Waals surface area contributed by atoms with Crippen LogP contribution in [0.1, 0.15) is 57.3 Å². The summed E-state index contributed by atoms with van der Waals surface area (Å²) in [7, 11) is 0. The van der Waals surface area contributed by atoms with Crippen LogP contribution < -0.4 is 5.32 Å². The van der Waals surface area contributed by atoms with E-state index in [2.05, 4.69) is 36.3 Å². The first-order valence-electron chi connectivity index (χ1n) is 10.2. The molecule has 0 aliphatic carbocycles. The maximum absolute atomic E-state index is 13.0. The van der Waals surface area contributed by atoms with Crippen molar-refractivity contribution in [2.45, 2.75) is 32.7 Å². The molecule has 0 radical (unpaired) electrons. The van der Waals surface area contributed by atoms with Crippen LogP contribution >= 0.6 is 0 Å². The molecule has 3 aromatic rings. The smallest absolute Gasteiger partial charge is 0.272 e. The van der Waals surface area contributed by atoms with E-state index in [-0.39, 0.29) is 17.5 Å². The Morgan fingerprint density at radius 3 is 2.47 bits per heavy atom. The van der Waals surface area contributed by atoms with Crippen LogP contribution in [0.25, 0.3) is 0 Å². The number of nitrogens with one attached hydrogen (secondary N) is 1. The second-order valence-electron chi connectivity index (χ2n) is 7.91. The van der Waals surface area contributed by atoms with Gasteiger partial charge in [-0.2, -0.15) is 0 Å². The first-order chi connectivity index (χ1) is 14.5. The van der Waals surface area contributed by atoms with Crippen LogP contribution in [0.3, 0.4) is 0 Å². The Morgan fingerprint density at radius 2 is 1.73 bits per heavy atom. The van der Waals surface area contributed by atoms with Gasteiger partial charge < -0.3 is 10.2 Å². The predicted octanol–water partition coefficient (Wildman–Crippen LogP) is 4.66. The fraction of sp³-hybridized carbons (Fsp3) is 0.240. The molecule has 0 unspecified atom stereocenters. The maximum atomic E-state index is 13.0. The van der Waals surface area contributed by atoms with E-state index in [0.717, 1.165) is 17.7 Å². The van der Waals surface area contributed by atoms with Crippen molar-refractivity contribution in [2.24, 2.45) is 0 Å². The summed E-state index contributed by atoms with van der Waals surface area (Å²) in [5.41, 5.74) is 5.09. The number of carbonyl (C=O) groups is 2. The Labute approximate surface area is 176 Å². The molecule has 4 rings (SSSR count). The predicted molar refractivity (Wildman–Crippen MR) is 118 cm³/mol. The molecule has 5 heteroatoms. The monoisotopic (exact) mass is 399 g/mol. The van der Waals surface area contributed by atoms with Crippen LogP contribution in [0.5, 0.6) is 0 Å². The number of nitrogens with zero attached hydrogens (tertiary/aromatic N) is 2. The fourth-order valence-corrected chi connectivity index (χ4v) is 3.67. The summed E-state index contributed by atoms with van der Waals surface area (Å²) >= 11 is 0. The lowest BCUT2D eigenvalue weighted by Crippen LogP contribution is -2.36. The Balaban J connectivity index is 1.47. The van der Waals surface area contributed by atoms with Gasteiger partial charge in [-0.15, -0.1) is 0 Å². The van der Waals surface area contributed by atoms with E-state index in [1.54, 1.807) is 17.0 Å². The van der Waals surface area contributed by atoms with Crippen LogP contribution in [-0.2, 0) is 13.0 Å². The second kappa shape index (κ2) is 8.49. The number of rotatable bonds is 4. The zero-order valence-electron chi connectivity index (χ0n) is 17.3. The summed E-state index contributed by atoms with van der Waals surface area (Å²) in [5.74, 6) is 0.0263. The average molecular weight is 399 g/mol. The Morgan fingerprint density at radius 1 is 1.00 bits per heavy atom. The van der Waals surface area contributed by atoms with Crippen molar-refractivity contribution >= 4 is 17.5 Å². The van der Waals surface area contributed by atoms with Crippen molar-refractivity contribution in [3.05, 3.63) is 94.8 Å². The molecular weight excluding hydrogens is 374 g/mol. The number of carbonyl (C=O) groups excluding carboxylic acids is 2. The molecule has 2 aromatic carbocycles. The molecule has 152 valence electrons. The standard InChI is InChI=1S/C25H25N3O2/c1-17(2)18-7-9-22(10-8-18)27-24(29)20-11-13-26-23(15-20)25(30)28-14-12-19-5-3-4-6-21(19)16-28/h3-11,13,15,17H,12,14,16H2,1-2H3,(H,27,29). The molecule has 2 heterocycles. The lowest BCUT2D eigenvalue weighted by Gasteiger charge is -2.28. The largest absolute Gasteiger partial charge is 0.333 e. The lowest BCUT2D eigenvalue weighted by atomic mass is 9.99. The highest BCUT2D eigenvalue weighted by molar-refractivity contribution is 6.05. The first-order valence-corrected chi connectivity index (χ1v) is 10.2. The van der Waals surface area contributed by atoms with E-state index >= 15 is 0 Å². The van der Waals surface area contributed by atoms with Gasteiger partial charge in [0.25, 0.3) is 11.8 Å². The van der Waals surface area contributed by atoms with Crippen molar-refractivity contribution in [2.75, 3.05) is 11.9 Å². The number of hydrogen-bond acceptors (Lipinski definition) is 3. The summed E-state index contributed by atoms with van der Waals surface area (Å²) in [5, 5.41) is 2.89. The second-order valence-corrected chi connectivity index (χ2v) is 7.91. The molecule has 0 fully saturated rings. The Hall–Kier alpha value is -3.47. The molecular formula is C25H25N3O2. The maximum Gasteiger partial charge on any atom is 0.272 e. The van der Waals surface area contributed by atoms with Gasteiger partial charge in [-0.3, -0.25) is 14.6 Å². The number of pyridine rings is 1. The van der Waals surface area contributed by atoms with Gasteiger partial charge in [0.15, 0.2) is 0 Å². The molecule has 1 aliphatic heterocycles. The SMILES string of the molecule is CC(C)c1ccc(NC(=O)c2ccnc(C(=O)N3CCc4ccccc4C3)c2)cc1. The minimum Gasteiger partial charge on any atom is -0.333 e. The van der Waals surface area contributed by atoms with Crippen molar-refractivity contribution in [3.8, 4) is 0 Å². The third-order valence-electron chi connectivity index (χ3n) is 5.49. The minimum absolute atomic E-state index is 0.152. The fourth-order valence-electron chi connectivity index (χ4n) is 3.67. The van der Waals surface area contributed by atoms with E-state index in [1.165, 1.54) is 17.3 Å². The molecule has 0 bridgehead atoms. The number of aromatic nitrogens is 1. The van der Waals surface area contributed by atoms with Crippen LogP contribution in [0, 0.1) is 0 Å². The third kappa shape index (κ3) is 4.25. The number of amides is 2. The van der Waals surface area contributed by atoms with Crippen LogP contribution in [0.15, 0.2) is 66.9 Å². The van der Waals surface area contributed by atoms with Gasteiger partial charge in [-0.25, -0.2) is 0 Å². The summed E-state index contributed by atoms with van der Waals surface area (Å²) in [6.45, 7) is 5.47. The number of benzene rings is 2. The van der Waals surface area contributed by atoms with Gasteiger partial charge in [0, 0.05) is 30.5 Å². The van der Waals surface area contributed by atoms with Crippen molar-refractivity contribution < 1.29 is 9.59 Å². The van der Waals surface area contributed by atoms with E-state index in [1.807, 2.05) is 36.4 Å². The lowest BCUT2D eigenvalue weighted by molar-refractivity contribution is 0.0728. The van der Waals surface area contributed by atoms with E-state index in [9.17, 15) is 9.59 Å². The first kappa shape index (κ1) is 19.8. The highest BCUT2D eigenvalue weighted by Crippen LogP contribution is 2.21.